The van der Waals surface area contributed by atoms with Gasteiger partial charge in [-0.15, -0.1) is 0 Å². The zero-order valence-corrected chi connectivity index (χ0v) is 11.0. The predicted octanol–water partition coefficient (Wildman–Crippen LogP) is -0.0116. The third kappa shape index (κ3) is 2.53. The lowest BCUT2D eigenvalue weighted by Crippen LogP contribution is -2.53. The summed E-state index contributed by atoms with van der Waals surface area (Å²) >= 11 is 0. The second-order valence-corrected chi connectivity index (χ2v) is 4.36. The molecule has 1 aromatic rings. The number of morpholine rings is 1. The number of amides is 1. The fourth-order valence-electron chi connectivity index (χ4n) is 2.07. The minimum atomic E-state index is -0.818. The number of benzene rings is 1. The minimum Gasteiger partial charge on any atom is -0.505 e. The number of phenolic OH excluding ortho intramolecular Hbond substituents is 1. The maximum atomic E-state index is 12.5. The van der Waals surface area contributed by atoms with Gasteiger partial charge in [0.2, 0.25) is 0 Å². The number of anilines is 1. The molecule has 7 heteroatoms. The van der Waals surface area contributed by atoms with Crippen molar-refractivity contribution in [2.45, 2.75) is 6.04 Å². The van der Waals surface area contributed by atoms with Crippen LogP contribution in [0.3, 0.4) is 0 Å². The van der Waals surface area contributed by atoms with Crippen molar-refractivity contribution in [1.82, 2.24) is 4.90 Å². The van der Waals surface area contributed by atoms with E-state index in [1.807, 2.05) is 0 Å². The Morgan fingerprint density at radius 2 is 2.25 bits per heavy atom. The zero-order chi connectivity index (χ0) is 14.7. The third-order valence-corrected chi connectivity index (χ3v) is 3.16. The predicted molar refractivity (Wildman–Crippen MR) is 70.2 cm³/mol. The van der Waals surface area contributed by atoms with Gasteiger partial charge in [0, 0.05) is 6.54 Å². The van der Waals surface area contributed by atoms with Crippen LogP contribution < -0.4 is 5.73 Å². The van der Waals surface area contributed by atoms with Gasteiger partial charge in [0.1, 0.15) is 0 Å². The summed E-state index contributed by atoms with van der Waals surface area (Å²) in [7, 11) is 1.25. The first kappa shape index (κ1) is 14.1. The van der Waals surface area contributed by atoms with Crippen molar-refractivity contribution in [2.75, 3.05) is 32.6 Å². The van der Waals surface area contributed by atoms with Crippen molar-refractivity contribution in [3.05, 3.63) is 23.8 Å². The molecule has 1 atom stereocenters. The number of hydrogen-bond donors (Lipinski definition) is 2. The summed E-state index contributed by atoms with van der Waals surface area (Å²) in [6, 6.07) is 3.69. The van der Waals surface area contributed by atoms with Crippen molar-refractivity contribution in [3.63, 3.8) is 0 Å². The Morgan fingerprint density at radius 3 is 2.95 bits per heavy atom. The van der Waals surface area contributed by atoms with Crippen LogP contribution in [0, 0.1) is 0 Å². The molecule has 1 aromatic carbocycles. The van der Waals surface area contributed by atoms with E-state index in [2.05, 4.69) is 4.74 Å². The second-order valence-electron chi connectivity index (χ2n) is 4.36. The normalized spacial score (nSPS) is 18.6. The number of methoxy groups -OCH3 is 1. The average molecular weight is 280 g/mol. The number of nitrogens with zero attached hydrogens (tertiary/aromatic N) is 1. The summed E-state index contributed by atoms with van der Waals surface area (Å²) in [5.74, 6) is -1.32. The summed E-state index contributed by atoms with van der Waals surface area (Å²) in [5.41, 5.74) is 5.74. The topological polar surface area (TPSA) is 102 Å². The van der Waals surface area contributed by atoms with Crippen LogP contribution in [0.5, 0.6) is 5.75 Å². The highest BCUT2D eigenvalue weighted by Crippen LogP contribution is 2.26. The molecular weight excluding hydrogens is 264 g/mol. The van der Waals surface area contributed by atoms with Crippen LogP contribution in [0.2, 0.25) is 0 Å². The van der Waals surface area contributed by atoms with Crippen molar-refractivity contribution in [2.24, 2.45) is 0 Å². The maximum Gasteiger partial charge on any atom is 0.331 e. The molecule has 1 fully saturated rings. The second kappa shape index (κ2) is 5.79. The Balaban J connectivity index is 2.30. The van der Waals surface area contributed by atoms with Crippen molar-refractivity contribution < 1.29 is 24.2 Å². The monoisotopic (exact) mass is 280 g/mol. The molecule has 0 spiro atoms. The van der Waals surface area contributed by atoms with Crippen LogP contribution in [-0.4, -0.2) is 54.8 Å². The lowest BCUT2D eigenvalue weighted by atomic mass is 10.1. The zero-order valence-electron chi connectivity index (χ0n) is 11.0. The molecule has 1 saturated heterocycles. The third-order valence-electron chi connectivity index (χ3n) is 3.16. The maximum absolute atomic E-state index is 12.5. The standard InChI is InChI=1S/C13H16N2O5/c1-19-13(18)10-7-20-6-5-15(10)12(17)8-3-2-4-9(14)11(8)16/h2-4,10,16H,5-7,14H2,1H3. The fraction of sp³-hybridized carbons (Fsp3) is 0.385. The molecule has 108 valence electrons. The summed E-state index contributed by atoms with van der Waals surface area (Å²) in [6.07, 6.45) is 0. The van der Waals surface area contributed by atoms with Gasteiger partial charge >= 0.3 is 5.97 Å². The van der Waals surface area contributed by atoms with E-state index in [-0.39, 0.29) is 30.2 Å². The van der Waals surface area contributed by atoms with Crippen LogP contribution in [0.15, 0.2) is 18.2 Å². The van der Waals surface area contributed by atoms with Gasteiger partial charge in [-0.05, 0) is 12.1 Å². The molecule has 0 aromatic heterocycles. The SMILES string of the molecule is COC(=O)C1COCCN1C(=O)c1cccc(N)c1O. The number of para-hydroxylation sites is 1. The summed E-state index contributed by atoms with van der Waals surface area (Å²) in [4.78, 5) is 25.5. The molecule has 0 bridgehead atoms. The van der Waals surface area contributed by atoms with Gasteiger partial charge in [0.05, 0.1) is 31.6 Å². The number of nitrogen functional groups attached to an aromatic ring is 1. The van der Waals surface area contributed by atoms with Gasteiger partial charge in [-0.3, -0.25) is 4.79 Å². The number of esters is 1. The van der Waals surface area contributed by atoms with E-state index in [1.165, 1.54) is 24.1 Å². The number of rotatable bonds is 2. The number of ether oxygens (including phenoxy) is 2. The molecule has 1 amide bonds. The number of nitrogens with two attached hydrogens (primary N) is 1. The minimum absolute atomic E-state index is 0.0563. The van der Waals surface area contributed by atoms with Crippen molar-refractivity contribution >= 4 is 17.6 Å². The van der Waals surface area contributed by atoms with E-state index >= 15 is 0 Å². The quantitative estimate of drug-likeness (QED) is 0.449. The van der Waals surface area contributed by atoms with E-state index in [4.69, 9.17) is 10.5 Å². The molecule has 1 aliphatic rings. The van der Waals surface area contributed by atoms with E-state index in [0.29, 0.717) is 6.61 Å². The molecule has 1 heterocycles. The number of aromatic hydroxyl groups is 1. The molecule has 3 N–H and O–H groups in total. The van der Waals surface area contributed by atoms with E-state index in [9.17, 15) is 14.7 Å². The van der Waals surface area contributed by atoms with Crippen molar-refractivity contribution in [1.29, 1.82) is 0 Å². The lowest BCUT2D eigenvalue weighted by molar-refractivity contribution is -0.151. The molecule has 0 radical (unpaired) electrons. The van der Waals surface area contributed by atoms with E-state index in [1.54, 1.807) is 6.07 Å². The molecule has 1 aliphatic heterocycles. The van der Waals surface area contributed by atoms with Crippen LogP contribution in [0.25, 0.3) is 0 Å². The van der Waals surface area contributed by atoms with Gasteiger partial charge in [-0.2, -0.15) is 0 Å². The average Bonchev–Trinajstić information content (AvgIpc) is 2.48. The highest BCUT2D eigenvalue weighted by molar-refractivity contribution is 6.00. The first-order valence-electron chi connectivity index (χ1n) is 6.10. The number of phenols is 1. The number of hydrogen-bond acceptors (Lipinski definition) is 6. The largest absolute Gasteiger partial charge is 0.505 e. The Morgan fingerprint density at radius 1 is 1.50 bits per heavy atom. The molecule has 0 aliphatic carbocycles. The van der Waals surface area contributed by atoms with E-state index in [0.717, 1.165) is 0 Å². The fourth-order valence-corrected chi connectivity index (χ4v) is 2.07. The first-order chi connectivity index (χ1) is 9.56. The lowest BCUT2D eigenvalue weighted by Gasteiger charge is -2.33. The molecule has 1 unspecified atom stereocenters. The summed E-state index contributed by atoms with van der Waals surface area (Å²) < 4.78 is 9.85. The van der Waals surface area contributed by atoms with Crippen molar-refractivity contribution in [3.8, 4) is 5.75 Å². The van der Waals surface area contributed by atoms with Gasteiger partial charge in [-0.25, -0.2) is 4.79 Å². The van der Waals surface area contributed by atoms with Gasteiger partial charge in [-0.1, -0.05) is 6.07 Å². The summed E-state index contributed by atoms with van der Waals surface area (Å²) in [6.45, 7) is 0.636. The summed E-state index contributed by atoms with van der Waals surface area (Å²) in [5, 5.41) is 9.86. The van der Waals surface area contributed by atoms with Crippen LogP contribution >= 0.6 is 0 Å². The molecule has 2 rings (SSSR count). The van der Waals surface area contributed by atoms with Gasteiger partial charge in [0.15, 0.2) is 11.8 Å². The Kier molecular flexibility index (Phi) is 4.09. The van der Waals surface area contributed by atoms with Crippen LogP contribution in [-0.2, 0) is 14.3 Å². The van der Waals surface area contributed by atoms with Crippen LogP contribution in [0.1, 0.15) is 10.4 Å². The van der Waals surface area contributed by atoms with Crippen LogP contribution in [0.4, 0.5) is 5.69 Å². The highest BCUT2D eigenvalue weighted by Gasteiger charge is 2.35. The van der Waals surface area contributed by atoms with Gasteiger partial charge in [0.25, 0.3) is 5.91 Å². The van der Waals surface area contributed by atoms with Gasteiger partial charge < -0.3 is 25.2 Å². The Hall–Kier alpha value is -2.28. The number of carbonyl (C=O) groups excluding carboxylic acids is 2. The molecular formula is C13H16N2O5. The first-order valence-corrected chi connectivity index (χ1v) is 6.10. The Labute approximate surface area is 115 Å². The smallest absolute Gasteiger partial charge is 0.331 e. The molecule has 20 heavy (non-hydrogen) atoms. The molecule has 0 saturated carbocycles. The highest BCUT2D eigenvalue weighted by atomic mass is 16.5. The van der Waals surface area contributed by atoms with E-state index < -0.39 is 17.9 Å². The Bertz CT molecular complexity index is 531. The molecule has 7 nitrogen and oxygen atoms in total. The number of carbonyl (C=O) groups is 2.